The van der Waals surface area contributed by atoms with Crippen molar-refractivity contribution in [3.63, 3.8) is 0 Å². The summed E-state index contributed by atoms with van der Waals surface area (Å²) < 4.78 is 2.36. The van der Waals surface area contributed by atoms with Crippen molar-refractivity contribution in [3.8, 4) is 28.2 Å². The lowest BCUT2D eigenvalue weighted by molar-refractivity contribution is 1.07. The first-order chi connectivity index (χ1) is 11.8. The van der Waals surface area contributed by atoms with E-state index < -0.39 is 0 Å². The van der Waals surface area contributed by atoms with Crippen LogP contribution in [-0.2, 0) is 0 Å². The van der Waals surface area contributed by atoms with E-state index >= 15 is 0 Å². The number of hydrogen-bond donors (Lipinski definition) is 0. The highest BCUT2D eigenvalue weighted by Crippen LogP contribution is 2.33. The molecule has 3 aromatic carbocycles. The van der Waals surface area contributed by atoms with Crippen molar-refractivity contribution in [1.82, 2.24) is 4.57 Å². The molecule has 0 saturated heterocycles. The van der Waals surface area contributed by atoms with Gasteiger partial charge in [0.2, 0.25) is 0 Å². The van der Waals surface area contributed by atoms with E-state index in [-0.39, 0.29) is 0 Å². The lowest BCUT2D eigenvalue weighted by Crippen LogP contribution is -2.01. The van der Waals surface area contributed by atoms with Crippen molar-refractivity contribution >= 4 is 0 Å². The second-order valence-electron chi connectivity index (χ2n) is 5.96. The molecular formula is C23H19N. The minimum atomic E-state index is 1.21. The Balaban J connectivity index is 2.00. The van der Waals surface area contributed by atoms with E-state index in [0.717, 1.165) is 0 Å². The first-order valence-electron chi connectivity index (χ1n) is 8.23. The van der Waals surface area contributed by atoms with Gasteiger partial charge in [-0.1, -0.05) is 78.9 Å². The van der Waals surface area contributed by atoms with Gasteiger partial charge in [0.1, 0.15) is 0 Å². The van der Waals surface area contributed by atoms with Crippen LogP contribution in [0, 0.1) is 6.92 Å². The van der Waals surface area contributed by atoms with Gasteiger partial charge in [-0.15, -0.1) is 0 Å². The molecule has 0 bridgehead atoms. The van der Waals surface area contributed by atoms with Crippen LogP contribution in [0.5, 0.6) is 0 Å². The topological polar surface area (TPSA) is 4.93 Å². The fourth-order valence-corrected chi connectivity index (χ4v) is 3.18. The number of hydrogen-bond acceptors (Lipinski definition) is 0. The van der Waals surface area contributed by atoms with Crippen molar-refractivity contribution in [2.24, 2.45) is 0 Å². The Hall–Kier alpha value is -3.06. The number of rotatable bonds is 3. The monoisotopic (exact) mass is 309 g/mol. The predicted octanol–water partition coefficient (Wildman–Crippen LogP) is 6.12. The quantitative estimate of drug-likeness (QED) is 0.429. The smallest absolute Gasteiger partial charge is 0.0535 e. The van der Waals surface area contributed by atoms with Crippen LogP contribution in [0.1, 0.15) is 5.56 Å². The van der Waals surface area contributed by atoms with E-state index in [1.807, 2.05) is 0 Å². The van der Waals surface area contributed by atoms with Gasteiger partial charge in [-0.05, 0) is 41.8 Å². The summed E-state index contributed by atoms with van der Waals surface area (Å²) in [5.41, 5.74) is 7.36. The van der Waals surface area contributed by atoms with Gasteiger partial charge in [0, 0.05) is 5.69 Å². The van der Waals surface area contributed by atoms with Crippen LogP contribution in [0.3, 0.4) is 0 Å². The fourth-order valence-electron chi connectivity index (χ4n) is 3.18. The normalized spacial score (nSPS) is 10.7. The first kappa shape index (κ1) is 14.5. The third kappa shape index (κ3) is 2.55. The number of aromatic nitrogens is 1. The lowest BCUT2D eigenvalue weighted by atomic mass is 10.1. The molecule has 0 N–H and O–H groups in total. The Morgan fingerprint density at radius 3 is 1.46 bits per heavy atom. The average Bonchev–Trinajstić information content (AvgIpc) is 3.08. The number of aryl methyl sites for hydroxylation is 1. The minimum absolute atomic E-state index is 1.21. The molecule has 0 fully saturated rings. The van der Waals surface area contributed by atoms with Crippen LogP contribution in [0.15, 0.2) is 97.1 Å². The molecule has 0 aliphatic carbocycles. The predicted molar refractivity (Wildman–Crippen MR) is 101 cm³/mol. The summed E-state index contributed by atoms with van der Waals surface area (Å²) in [6, 6.07) is 34.1. The Kier molecular flexibility index (Phi) is 3.76. The van der Waals surface area contributed by atoms with Crippen LogP contribution < -0.4 is 0 Å². The van der Waals surface area contributed by atoms with Crippen molar-refractivity contribution in [1.29, 1.82) is 0 Å². The number of para-hydroxylation sites is 1. The summed E-state index contributed by atoms with van der Waals surface area (Å²) in [5, 5.41) is 0. The molecule has 4 aromatic rings. The number of benzene rings is 3. The summed E-state index contributed by atoms with van der Waals surface area (Å²) in [4.78, 5) is 0. The van der Waals surface area contributed by atoms with Gasteiger partial charge in [0.05, 0.1) is 11.4 Å². The summed E-state index contributed by atoms with van der Waals surface area (Å²) >= 11 is 0. The molecule has 0 atom stereocenters. The number of nitrogens with zero attached hydrogens (tertiary/aromatic N) is 1. The average molecular weight is 309 g/mol. The third-order valence-electron chi connectivity index (χ3n) is 4.38. The standard InChI is InChI=1S/C23H19N/c1-18-10-8-9-15-21(18)24-22(19-11-4-2-5-12-19)16-17-23(24)20-13-6-3-7-14-20/h2-17H,1H3. The Labute approximate surface area is 142 Å². The molecule has 1 aromatic heterocycles. The van der Waals surface area contributed by atoms with E-state index in [1.165, 1.54) is 33.8 Å². The van der Waals surface area contributed by atoms with Crippen LogP contribution in [0.2, 0.25) is 0 Å². The zero-order chi connectivity index (χ0) is 16.4. The molecule has 1 heterocycles. The highest BCUT2D eigenvalue weighted by Gasteiger charge is 2.14. The second-order valence-corrected chi connectivity index (χ2v) is 5.96. The van der Waals surface area contributed by atoms with Gasteiger partial charge in [-0.3, -0.25) is 0 Å². The zero-order valence-corrected chi connectivity index (χ0v) is 13.7. The van der Waals surface area contributed by atoms with Crippen molar-refractivity contribution in [3.05, 3.63) is 103 Å². The third-order valence-corrected chi connectivity index (χ3v) is 4.38. The maximum atomic E-state index is 2.36. The van der Waals surface area contributed by atoms with Gasteiger partial charge in [0.25, 0.3) is 0 Å². The molecule has 0 radical (unpaired) electrons. The maximum absolute atomic E-state index is 2.36. The van der Waals surface area contributed by atoms with E-state index in [0.29, 0.717) is 0 Å². The highest BCUT2D eigenvalue weighted by atomic mass is 15.0. The molecule has 1 heteroatoms. The van der Waals surface area contributed by atoms with E-state index in [9.17, 15) is 0 Å². The SMILES string of the molecule is Cc1ccccc1-n1c(-c2ccccc2)ccc1-c1ccccc1. The molecule has 24 heavy (non-hydrogen) atoms. The minimum Gasteiger partial charge on any atom is -0.309 e. The van der Waals surface area contributed by atoms with Crippen LogP contribution in [-0.4, -0.2) is 4.57 Å². The van der Waals surface area contributed by atoms with Gasteiger partial charge in [0.15, 0.2) is 0 Å². The molecular weight excluding hydrogens is 290 g/mol. The Morgan fingerprint density at radius 1 is 0.500 bits per heavy atom. The van der Waals surface area contributed by atoms with E-state index in [2.05, 4.69) is 109 Å². The van der Waals surface area contributed by atoms with Crippen LogP contribution >= 0.6 is 0 Å². The Bertz CT molecular complexity index is 893. The first-order valence-corrected chi connectivity index (χ1v) is 8.23. The zero-order valence-electron chi connectivity index (χ0n) is 13.7. The molecule has 116 valence electrons. The molecule has 0 aliphatic heterocycles. The van der Waals surface area contributed by atoms with Gasteiger partial charge < -0.3 is 4.57 Å². The van der Waals surface area contributed by atoms with Gasteiger partial charge in [-0.2, -0.15) is 0 Å². The van der Waals surface area contributed by atoms with E-state index in [4.69, 9.17) is 0 Å². The van der Waals surface area contributed by atoms with Crippen LogP contribution in [0.4, 0.5) is 0 Å². The summed E-state index contributed by atoms with van der Waals surface area (Å²) in [6.45, 7) is 2.17. The van der Waals surface area contributed by atoms with Crippen molar-refractivity contribution < 1.29 is 0 Å². The molecule has 0 amide bonds. The van der Waals surface area contributed by atoms with Gasteiger partial charge in [-0.25, -0.2) is 0 Å². The lowest BCUT2D eigenvalue weighted by Gasteiger charge is -2.16. The highest BCUT2D eigenvalue weighted by molar-refractivity contribution is 5.73. The second kappa shape index (κ2) is 6.21. The summed E-state index contributed by atoms with van der Waals surface area (Å²) in [5.74, 6) is 0. The largest absolute Gasteiger partial charge is 0.309 e. The van der Waals surface area contributed by atoms with Crippen LogP contribution in [0.25, 0.3) is 28.2 Å². The molecule has 0 aliphatic rings. The Morgan fingerprint density at radius 2 is 0.958 bits per heavy atom. The molecule has 0 saturated carbocycles. The molecule has 0 spiro atoms. The molecule has 4 rings (SSSR count). The molecule has 0 unspecified atom stereocenters. The van der Waals surface area contributed by atoms with Gasteiger partial charge >= 0.3 is 0 Å². The fraction of sp³-hybridized carbons (Fsp3) is 0.0435. The summed E-state index contributed by atoms with van der Waals surface area (Å²) in [6.07, 6.45) is 0. The maximum Gasteiger partial charge on any atom is 0.0535 e. The van der Waals surface area contributed by atoms with Crippen molar-refractivity contribution in [2.45, 2.75) is 6.92 Å². The molecule has 1 nitrogen and oxygen atoms in total. The van der Waals surface area contributed by atoms with Crippen molar-refractivity contribution in [2.75, 3.05) is 0 Å². The van der Waals surface area contributed by atoms with E-state index in [1.54, 1.807) is 0 Å². The summed E-state index contributed by atoms with van der Waals surface area (Å²) in [7, 11) is 0.